The zero-order valence-electron chi connectivity index (χ0n) is 16.3. The molecule has 2 N–H and O–H groups in total. The van der Waals surface area contributed by atoms with Gasteiger partial charge in [-0.3, -0.25) is 14.4 Å². The molecule has 1 aromatic heterocycles. The number of piperidine rings is 2. The Morgan fingerprint density at radius 1 is 1.18 bits per heavy atom. The Morgan fingerprint density at radius 3 is 2.82 bits per heavy atom. The summed E-state index contributed by atoms with van der Waals surface area (Å²) in [5.41, 5.74) is 2.55. The van der Waals surface area contributed by atoms with E-state index < -0.39 is 0 Å². The van der Waals surface area contributed by atoms with Gasteiger partial charge >= 0.3 is 0 Å². The zero-order valence-corrected chi connectivity index (χ0v) is 17.1. The van der Waals surface area contributed by atoms with Crippen LogP contribution in [0, 0.1) is 0 Å². The van der Waals surface area contributed by atoms with Gasteiger partial charge < -0.3 is 10.6 Å². The fraction of sp³-hybridized carbons (Fsp3) is 0.524. The van der Waals surface area contributed by atoms with Crippen molar-refractivity contribution < 1.29 is 4.79 Å². The minimum absolute atomic E-state index is 0. The summed E-state index contributed by atoms with van der Waals surface area (Å²) in [7, 11) is 0. The van der Waals surface area contributed by atoms with Gasteiger partial charge in [-0.05, 0) is 69.1 Å². The maximum Gasteiger partial charge on any atom is 0.276 e. The smallest absolute Gasteiger partial charge is 0.276 e. The van der Waals surface area contributed by atoms with Gasteiger partial charge in [0.25, 0.3) is 5.91 Å². The molecule has 0 aliphatic carbocycles. The van der Waals surface area contributed by atoms with Crippen LogP contribution in [0.25, 0.3) is 0 Å². The van der Waals surface area contributed by atoms with Crippen molar-refractivity contribution in [3.05, 3.63) is 47.8 Å². The highest BCUT2D eigenvalue weighted by atomic mass is 35.5. The topological polar surface area (TPSA) is 62.2 Å². The van der Waals surface area contributed by atoms with E-state index in [0.717, 1.165) is 38.2 Å². The van der Waals surface area contributed by atoms with Crippen molar-refractivity contribution in [3.8, 4) is 0 Å². The number of carbonyl (C=O) groups excluding carboxylic acids is 1. The summed E-state index contributed by atoms with van der Waals surface area (Å²) in [5.74, 6) is -0.146. The van der Waals surface area contributed by atoms with E-state index in [4.69, 9.17) is 0 Å². The van der Waals surface area contributed by atoms with Crippen molar-refractivity contribution in [2.24, 2.45) is 0 Å². The van der Waals surface area contributed by atoms with Gasteiger partial charge in [-0.25, -0.2) is 0 Å². The normalized spacial score (nSPS) is 20.4. The fourth-order valence-electron chi connectivity index (χ4n) is 4.04. The third-order valence-electron chi connectivity index (χ3n) is 5.53. The highest BCUT2D eigenvalue weighted by Crippen LogP contribution is 2.18. The van der Waals surface area contributed by atoms with Crippen LogP contribution in [-0.2, 0) is 6.54 Å². The molecule has 2 aliphatic heterocycles. The van der Waals surface area contributed by atoms with Crippen molar-refractivity contribution in [2.75, 3.05) is 31.5 Å². The van der Waals surface area contributed by atoms with Crippen molar-refractivity contribution in [2.45, 2.75) is 44.7 Å². The van der Waals surface area contributed by atoms with Gasteiger partial charge in [0.2, 0.25) is 0 Å². The predicted molar refractivity (Wildman–Crippen MR) is 114 cm³/mol. The second-order valence-electron chi connectivity index (χ2n) is 7.67. The molecule has 2 fully saturated rings. The van der Waals surface area contributed by atoms with Gasteiger partial charge in [0, 0.05) is 25.0 Å². The molecule has 6 nitrogen and oxygen atoms in total. The number of likely N-dealkylation sites (tertiary alicyclic amines) is 1. The van der Waals surface area contributed by atoms with Crippen LogP contribution in [0.4, 0.5) is 5.69 Å². The fourth-order valence-corrected chi connectivity index (χ4v) is 4.04. The summed E-state index contributed by atoms with van der Waals surface area (Å²) in [6, 6.07) is 10.3. The van der Waals surface area contributed by atoms with Crippen molar-refractivity contribution in [3.63, 3.8) is 0 Å². The molecule has 3 heterocycles. The number of hydrogen-bond donors (Lipinski definition) is 2. The number of halogens is 1. The molecule has 1 aromatic carbocycles. The molecule has 4 rings (SSSR count). The molecule has 0 spiro atoms. The number of nitrogens with one attached hydrogen (secondary N) is 2. The molecule has 2 aliphatic rings. The number of carbonyl (C=O) groups is 1. The lowest BCUT2D eigenvalue weighted by molar-refractivity contribution is 0.102. The number of hydrogen-bond acceptors (Lipinski definition) is 4. The molecule has 152 valence electrons. The van der Waals surface area contributed by atoms with Crippen molar-refractivity contribution in [1.82, 2.24) is 20.0 Å². The first-order valence-corrected chi connectivity index (χ1v) is 10.2. The second kappa shape index (κ2) is 10.0. The van der Waals surface area contributed by atoms with E-state index in [-0.39, 0.29) is 18.3 Å². The van der Waals surface area contributed by atoms with Crippen LogP contribution in [0.1, 0.15) is 54.2 Å². The Hall–Kier alpha value is -1.89. The molecule has 2 saturated heterocycles. The molecule has 2 aromatic rings. The molecule has 28 heavy (non-hydrogen) atoms. The number of anilines is 1. The predicted octanol–water partition coefficient (Wildman–Crippen LogP) is 3.47. The van der Waals surface area contributed by atoms with Crippen LogP contribution < -0.4 is 10.6 Å². The average molecular weight is 404 g/mol. The SMILES string of the molecule is Cl.O=C(Nc1cccc(CN2CCCCC2)c1)c1ccn(C2CCCNC2)n1. The molecule has 0 saturated carbocycles. The van der Waals surface area contributed by atoms with E-state index in [0.29, 0.717) is 11.7 Å². The monoisotopic (exact) mass is 403 g/mol. The number of rotatable bonds is 5. The highest BCUT2D eigenvalue weighted by Gasteiger charge is 2.18. The van der Waals surface area contributed by atoms with Crippen molar-refractivity contribution >= 4 is 24.0 Å². The summed E-state index contributed by atoms with van der Waals surface area (Å²) >= 11 is 0. The minimum Gasteiger partial charge on any atom is -0.321 e. The van der Waals surface area contributed by atoms with Crippen LogP contribution in [0.5, 0.6) is 0 Å². The maximum atomic E-state index is 12.6. The van der Waals surface area contributed by atoms with E-state index in [2.05, 4.69) is 32.8 Å². The van der Waals surface area contributed by atoms with Gasteiger partial charge in [0.15, 0.2) is 5.69 Å². The Balaban J connectivity index is 0.00000225. The third kappa shape index (κ3) is 5.34. The van der Waals surface area contributed by atoms with E-state index >= 15 is 0 Å². The Morgan fingerprint density at radius 2 is 2.04 bits per heavy atom. The van der Waals surface area contributed by atoms with Gasteiger partial charge in [0.05, 0.1) is 6.04 Å². The van der Waals surface area contributed by atoms with Crippen molar-refractivity contribution in [1.29, 1.82) is 0 Å². The molecular formula is C21H30ClN5O. The number of nitrogens with zero attached hydrogens (tertiary/aromatic N) is 3. The van der Waals surface area contributed by atoms with Crippen LogP contribution in [0.15, 0.2) is 36.5 Å². The average Bonchev–Trinajstić information content (AvgIpc) is 3.20. The van der Waals surface area contributed by atoms with Crippen LogP contribution in [-0.4, -0.2) is 46.8 Å². The van der Waals surface area contributed by atoms with Gasteiger partial charge in [-0.15, -0.1) is 12.4 Å². The molecule has 0 radical (unpaired) electrons. The van der Waals surface area contributed by atoms with Gasteiger partial charge in [-0.2, -0.15) is 5.10 Å². The van der Waals surface area contributed by atoms with Gasteiger partial charge in [0.1, 0.15) is 0 Å². The summed E-state index contributed by atoms with van der Waals surface area (Å²) < 4.78 is 1.92. The molecule has 1 amide bonds. The first-order chi connectivity index (χ1) is 13.3. The molecule has 0 bridgehead atoms. The maximum absolute atomic E-state index is 12.6. The molecular weight excluding hydrogens is 374 g/mol. The van der Waals surface area contributed by atoms with Gasteiger partial charge in [-0.1, -0.05) is 18.6 Å². The Kier molecular flexibility index (Phi) is 7.48. The van der Waals surface area contributed by atoms with E-state index in [1.54, 1.807) is 0 Å². The first kappa shape index (κ1) is 20.8. The quantitative estimate of drug-likeness (QED) is 0.802. The van der Waals surface area contributed by atoms with E-state index in [1.165, 1.54) is 37.9 Å². The Labute approximate surface area is 173 Å². The lowest BCUT2D eigenvalue weighted by atomic mass is 10.1. The number of benzene rings is 1. The van der Waals surface area contributed by atoms with E-state index in [9.17, 15) is 4.79 Å². The summed E-state index contributed by atoms with van der Waals surface area (Å²) in [4.78, 5) is 15.1. The molecule has 1 unspecified atom stereocenters. The van der Waals surface area contributed by atoms with Crippen LogP contribution in [0.2, 0.25) is 0 Å². The Bertz CT molecular complexity index is 766. The lowest BCUT2D eigenvalue weighted by Gasteiger charge is -2.26. The first-order valence-electron chi connectivity index (χ1n) is 10.2. The third-order valence-corrected chi connectivity index (χ3v) is 5.53. The summed E-state index contributed by atoms with van der Waals surface area (Å²) in [5, 5.41) is 10.9. The zero-order chi connectivity index (χ0) is 18.5. The summed E-state index contributed by atoms with van der Waals surface area (Å²) in [6.45, 7) is 5.28. The van der Waals surface area contributed by atoms with E-state index in [1.807, 2.05) is 29.1 Å². The lowest BCUT2D eigenvalue weighted by Crippen LogP contribution is -2.32. The minimum atomic E-state index is -0.146. The molecule has 7 heteroatoms. The largest absolute Gasteiger partial charge is 0.321 e. The number of amides is 1. The second-order valence-corrected chi connectivity index (χ2v) is 7.67. The highest BCUT2D eigenvalue weighted by molar-refractivity contribution is 6.02. The summed E-state index contributed by atoms with van der Waals surface area (Å²) in [6.07, 6.45) is 8.09. The van der Waals surface area contributed by atoms with Crippen LogP contribution >= 0.6 is 12.4 Å². The number of aromatic nitrogens is 2. The van der Waals surface area contributed by atoms with Crippen LogP contribution in [0.3, 0.4) is 0 Å². The standard InChI is InChI=1S/C21H29N5O.ClH/c27-21(20-9-13-26(24-20)19-8-5-10-22-15-19)23-18-7-4-6-17(14-18)16-25-11-2-1-3-12-25;/h4,6-7,9,13-14,19,22H,1-3,5,8,10-12,15-16H2,(H,23,27);1H. The molecule has 1 atom stereocenters.